The highest BCUT2D eigenvalue weighted by atomic mass is 32.1. The molecule has 0 saturated heterocycles. The molecule has 0 N–H and O–H groups in total. The van der Waals surface area contributed by atoms with Crippen LogP contribution < -0.4 is 0 Å². The SMILES string of the molecule is CC.Cc1cc2sc(-c3ccccc3)nc2cc1-c1ccccc1C(C)C.Cc1ccccc1. The van der Waals surface area contributed by atoms with Crippen LogP contribution in [0.4, 0.5) is 0 Å². The third kappa shape index (κ3) is 6.21. The first kappa shape index (κ1) is 25.4. The van der Waals surface area contributed by atoms with E-state index in [1.54, 1.807) is 11.3 Å². The van der Waals surface area contributed by atoms with Crippen molar-refractivity contribution in [2.75, 3.05) is 0 Å². The Morgan fingerprint density at radius 1 is 0.676 bits per heavy atom. The molecule has 2 heteroatoms. The summed E-state index contributed by atoms with van der Waals surface area (Å²) in [5, 5.41) is 1.09. The van der Waals surface area contributed by atoms with Crippen molar-refractivity contribution in [1.82, 2.24) is 4.98 Å². The molecule has 5 aromatic rings. The molecule has 5 rings (SSSR count). The summed E-state index contributed by atoms with van der Waals surface area (Å²) in [4.78, 5) is 4.90. The van der Waals surface area contributed by atoms with Crippen LogP contribution in [0.2, 0.25) is 0 Å². The smallest absolute Gasteiger partial charge is 0.124 e. The van der Waals surface area contributed by atoms with Crippen LogP contribution in [0.15, 0.2) is 97.1 Å². The van der Waals surface area contributed by atoms with Gasteiger partial charge in [0.15, 0.2) is 0 Å². The molecule has 0 aliphatic heterocycles. The van der Waals surface area contributed by atoms with Crippen LogP contribution >= 0.6 is 11.3 Å². The van der Waals surface area contributed by atoms with Gasteiger partial charge in [-0.3, -0.25) is 0 Å². The Bertz CT molecular complexity index is 1300. The van der Waals surface area contributed by atoms with Crippen molar-refractivity contribution in [3.05, 3.63) is 114 Å². The van der Waals surface area contributed by atoms with Gasteiger partial charge in [0.05, 0.1) is 10.2 Å². The molecule has 0 atom stereocenters. The predicted octanol–water partition coefficient (Wildman–Crippen LogP) is 10.1. The van der Waals surface area contributed by atoms with E-state index in [1.165, 1.54) is 38.1 Å². The molecule has 0 amide bonds. The summed E-state index contributed by atoms with van der Waals surface area (Å²) in [7, 11) is 0. The van der Waals surface area contributed by atoms with Gasteiger partial charge in [0, 0.05) is 5.56 Å². The number of fused-ring (bicyclic) bond motifs is 1. The minimum absolute atomic E-state index is 0.501. The number of thiazole rings is 1. The van der Waals surface area contributed by atoms with Gasteiger partial charge < -0.3 is 0 Å². The second kappa shape index (κ2) is 12.3. The number of aryl methyl sites for hydroxylation is 2. The van der Waals surface area contributed by atoms with E-state index >= 15 is 0 Å². The van der Waals surface area contributed by atoms with E-state index in [1.807, 2.05) is 38.1 Å². The highest BCUT2D eigenvalue weighted by Gasteiger charge is 2.13. The maximum atomic E-state index is 4.90. The van der Waals surface area contributed by atoms with Crippen molar-refractivity contribution in [2.45, 2.75) is 47.5 Å². The molecule has 0 fully saturated rings. The number of hydrogen-bond donors (Lipinski definition) is 0. The van der Waals surface area contributed by atoms with E-state index in [0.717, 1.165) is 10.5 Å². The van der Waals surface area contributed by atoms with Gasteiger partial charge in [-0.05, 0) is 54.2 Å². The highest BCUT2D eigenvalue weighted by molar-refractivity contribution is 7.21. The van der Waals surface area contributed by atoms with Crippen molar-refractivity contribution in [2.24, 2.45) is 0 Å². The summed E-state index contributed by atoms with van der Waals surface area (Å²) >= 11 is 1.77. The van der Waals surface area contributed by atoms with Crippen LogP contribution in [0, 0.1) is 13.8 Å². The largest absolute Gasteiger partial charge is 0.236 e. The molecule has 0 spiro atoms. The summed E-state index contributed by atoms with van der Waals surface area (Å²) < 4.78 is 1.25. The van der Waals surface area contributed by atoms with Gasteiger partial charge in [0.2, 0.25) is 0 Å². The zero-order valence-electron chi connectivity index (χ0n) is 21.2. The summed E-state index contributed by atoms with van der Waals surface area (Å²) in [6.45, 7) is 12.8. The maximum Gasteiger partial charge on any atom is 0.124 e. The van der Waals surface area contributed by atoms with Crippen molar-refractivity contribution < 1.29 is 0 Å². The molecule has 1 nitrogen and oxygen atoms in total. The van der Waals surface area contributed by atoms with E-state index in [4.69, 9.17) is 4.98 Å². The lowest BCUT2D eigenvalue weighted by Gasteiger charge is -2.14. The Morgan fingerprint density at radius 2 is 1.26 bits per heavy atom. The monoisotopic (exact) mass is 465 g/mol. The molecule has 174 valence electrons. The summed E-state index contributed by atoms with van der Waals surface area (Å²) in [6.07, 6.45) is 0. The summed E-state index contributed by atoms with van der Waals surface area (Å²) in [5.74, 6) is 0.501. The van der Waals surface area contributed by atoms with Crippen LogP contribution in [-0.4, -0.2) is 4.98 Å². The van der Waals surface area contributed by atoms with E-state index in [2.05, 4.69) is 100 Å². The van der Waals surface area contributed by atoms with Crippen LogP contribution in [0.5, 0.6) is 0 Å². The van der Waals surface area contributed by atoms with E-state index in [9.17, 15) is 0 Å². The Hall–Kier alpha value is -3.23. The second-order valence-corrected chi connectivity index (χ2v) is 9.45. The number of rotatable bonds is 3. The van der Waals surface area contributed by atoms with Gasteiger partial charge in [-0.25, -0.2) is 4.98 Å². The predicted molar refractivity (Wildman–Crippen MR) is 152 cm³/mol. The number of benzene rings is 4. The van der Waals surface area contributed by atoms with Gasteiger partial charge >= 0.3 is 0 Å². The van der Waals surface area contributed by atoms with Crippen molar-refractivity contribution in [1.29, 1.82) is 0 Å². The van der Waals surface area contributed by atoms with Gasteiger partial charge in [0.1, 0.15) is 5.01 Å². The molecule has 4 aromatic carbocycles. The topological polar surface area (TPSA) is 12.9 Å². The number of hydrogen-bond acceptors (Lipinski definition) is 2. The van der Waals surface area contributed by atoms with Gasteiger partial charge in [0.25, 0.3) is 0 Å². The van der Waals surface area contributed by atoms with Crippen LogP contribution in [-0.2, 0) is 0 Å². The van der Waals surface area contributed by atoms with Gasteiger partial charge in [-0.15, -0.1) is 11.3 Å². The van der Waals surface area contributed by atoms with Gasteiger partial charge in [-0.1, -0.05) is 118 Å². The lowest BCUT2D eigenvalue weighted by Crippen LogP contribution is -1.93. The minimum atomic E-state index is 0.501. The summed E-state index contributed by atoms with van der Waals surface area (Å²) in [5.41, 5.74) is 8.91. The lowest BCUT2D eigenvalue weighted by atomic mass is 9.90. The fourth-order valence-electron chi connectivity index (χ4n) is 3.85. The first-order valence-electron chi connectivity index (χ1n) is 12.1. The average molecular weight is 466 g/mol. The first-order chi connectivity index (χ1) is 16.5. The van der Waals surface area contributed by atoms with E-state index in [0.29, 0.717) is 5.92 Å². The second-order valence-electron chi connectivity index (χ2n) is 8.42. The highest BCUT2D eigenvalue weighted by Crippen LogP contribution is 2.37. The zero-order chi connectivity index (χ0) is 24.5. The van der Waals surface area contributed by atoms with E-state index < -0.39 is 0 Å². The molecule has 0 aliphatic carbocycles. The zero-order valence-corrected chi connectivity index (χ0v) is 22.0. The van der Waals surface area contributed by atoms with E-state index in [-0.39, 0.29) is 0 Å². The van der Waals surface area contributed by atoms with Crippen molar-refractivity contribution >= 4 is 21.6 Å². The molecular weight excluding hydrogens is 430 g/mol. The Balaban J connectivity index is 0.000000306. The lowest BCUT2D eigenvalue weighted by molar-refractivity contribution is 0.869. The third-order valence-corrected chi connectivity index (χ3v) is 6.64. The van der Waals surface area contributed by atoms with Crippen LogP contribution in [0.3, 0.4) is 0 Å². The molecule has 0 unspecified atom stereocenters. The molecule has 1 heterocycles. The summed E-state index contributed by atoms with van der Waals surface area (Å²) in [6, 6.07) is 34.0. The van der Waals surface area contributed by atoms with Gasteiger partial charge in [-0.2, -0.15) is 0 Å². The van der Waals surface area contributed by atoms with Crippen molar-refractivity contribution in [3.63, 3.8) is 0 Å². The Morgan fingerprint density at radius 3 is 1.85 bits per heavy atom. The number of aromatic nitrogens is 1. The maximum absolute atomic E-state index is 4.90. The fraction of sp³-hybridized carbons (Fsp3) is 0.219. The van der Waals surface area contributed by atoms with Crippen molar-refractivity contribution in [3.8, 4) is 21.7 Å². The fourth-order valence-corrected chi connectivity index (χ4v) is 4.90. The first-order valence-corrected chi connectivity index (χ1v) is 12.9. The average Bonchev–Trinajstić information content (AvgIpc) is 3.29. The number of nitrogens with zero attached hydrogens (tertiary/aromatic N) is 1. The molecule has 0 radical (unpaired) electrons. The van der Waals surface area contributed by atoms with Crippen LogP contribution in [0.25, 0.3) is 31.9 Å². The molecule has 0 bridgehead atoms. The van der Waals surface area contributed by atoms with Crippen LogP contribution in [0.1, 0.15) is 50.3 Å². The Labute approximate surface area is 209 Å². The Kier molecular flexibility index (Phi) is 9.18. The molecule has 34 heavy (non-hydrogen) atoms. The normalized spacial score (nSPS) is 10.3. The third-order valence-electron chi connectivity index (χ3n) is 5.57. The minimum Gasteiger partial charge on any atom is -0.236 e. The quantitative estimate of drug-likeness (QED) is 0.258. The standard InChI is InChI=1S/C23H21NS.C7H8.C2H6/c1-15(2)18-11-7-8-12-19(18)20-14-21-22(13-16(20)3)25-23(24-21)17-9-5-4-6-10-17;1-7-5-3-2-4-6-7;1-2/h4-15H,1-3H3;2-6H,1H3;1-2H3. The molecule has 0 aliphatic rings. The molecule has 0 saturated carbocycles. The molecule has 1 aromatic heterocycles. The molecular formula is C32H35NS.